The molecule has 0 spiro atoms. The number of nitrogens with zero attached hydrogens (tertiary/aromatic N) is 3. The maximum absolute atomic E-state index is 5.80. The summed E-state index contributed by atoms with van der Waals surface area (Å²) in [5, 5.41) is 1.13. The second-order valence-electron chi connectivity index (χ2n) is 5.33. The highest BCUT2D eigenvalue weighted by atomic mass is 32.1. The molecule has 3 rings (SSSR count). The Bertz CT molecular complexity index is 592. The topological polar surface area (TPSA) is 55.0 Å². The average molecular weight is 262 g/mol. The molecule has 1 fully saturated rings. The van der Waals surface area contributed by atoms with Crippen molar-refractivity contribution in [1.82, 2.24) is 9.97 Å². The SMILES string of the molecule is Cc1cc2c(N(C)CC3CC3C)nc(N)nc2s1. The lowest BCUT2D eigenvalue weighted by atomic mass is 10.3. The van der Waals surface area contributed by atoms with Gasteiger partial charge in [0.1, 0.15) is 10.6 Å². The van der Waals surface area contributed by atoms with E-state index in [4.69, 9.17) is 5.73 Å². The highest BCUT2D eigenvalue weighted by Gasteiger charge is 2.33. The van der Waals surface area contributed by atoms with Gasteiger partial charge in [0.15, 0.2) is 0 Å². The number of fused-ring (bicyclic) bond motifs is 1. The number of thiophene rings is 1. The molecule has 1 aliphatic rings. The molecule has 0 aromatic carbocycles. The lowest BCUT2D eigenvalue weighted by Gasteiger charge is -2.19. The Hall–Kier alpha value is -1.36. The number of nitrogens with two attached hydrogens (primary N) is 1. The van der Waals surface area contributed by atoms with E-state index in [-0.39, 0.29) is 0 Å². The highest BCUT2D eigenvalue weighted by molar-refractivity contribution is 7.18. The molecular weight excluding hydrogens is 244 g/mol. The van der Waals surface area contributed by atoms with Crippen LogP contribution < -0.4 is 10.6 Å². The second-order valence-corrected chi connectivity index (χ2v) is 6.57. The molecule has 96 valence electrons. The van der Waals surface area contributed by atoms with Crippen molar-refractivity contribution in [1.29, 1.82) is 0 Å². The first-order valence-electron chi connectivity index (χ1n) is 6.29. The minimum Gasteiger partial charge on any atom is -0.368 e. The van der Waals surface area contributed by atoms with Crippen molar-refractivity contribution >= 4 is 33.3 Å². The lowest BCUT2D eigenvalue weighted by molar-refractivity contribution is 0.721. The molecule has 2 aromatic heterocycles. The van der Waals surface area contributed by atoms with Crippen molar-refractivity contribution in [2.24, 2.45) is 11.8 Å². The largest absolute Gasteiger partial charge is 0.368 e. The van der Waals surface area contributed by atoms with Gasteiger partial charge in [-0.1, -0.05) is 6.92 Å². The van der Waals surface area contributed by atoms with Gasteiger partial charge in [0.05, 0.1) is 5.39 Å². The predicted molar refractivity (Wildman–Crippen MR) is 77.1 cm³/mol. The van der Waals surface area contributed by atoms with Gasteiger partial charge < -0.3 is 10.6 Å². The number of rotatable bonds is 3. The normalized spacial score (nSPS) is 22.4. The number of anilines is 2. The molecule has 5 heteroatoms. The van der Waals surface area contributed by atoms with Crippen LogP contribution in [0, 0.1) is 18.8 Å². The van der Waals surface area contributed by atoms with E-state index in [1.807, 2.05) is 0 Å². The highest BCUT2D eigenvalue weighted by Crippen LogP contribution is 2.39. The van der Waals surface area contributed by atoms with Crippen molar-refractivity contribution < 1.29 is 0 Å². The minimum atomic E-state index is 0.370. The number of hydrogen-bond donors (Lipinski definition) is 1. The van der Waals surface area contributed by atoms with Gasteiger partial charge in [-0.05, 0) is 31.2 Å². The third kappa shape index (κ3) is 2.03. The van der Waals surface area contributed by atoms with Crippen LogP contribution in [-0.2, 0) is 0 Å². The van der Waals surface area contributed by atoms with E-state index < -0.39 is 0 Å². The monoisotopic (exact) mass is 262 g/mol. The van der Waals surface area contributed by atoms with E-state index in [0.29, 0.717) is 5.95 Å². The predicted octanol–water partition coefficient (Wildman–Crippen LogP) is 2.67. The average Bonchev–Trinajstić information content (AvgIpc) is 2.84. The molecule has 0 bridgehead atoms. The zero-order valence-electron chi connectivity index (χ0n) is 11.0. The van der Waals surface area contributed by atoms with Gasteiger partial charge in [0.2, 0.25) is 5.95 Å². The molecule has 2 N–H and O–H groups in total. The molecule has 18 heavy (non-hydrogen) atoms. The van der Waals surface area contributed by atoms with Crippen LogP contribution in [0.3, 0.4) is 0 Å². The summed E-state index contributed by atoms with van der Waals surface area (Å²) in [5.74, 6) is 3.00. The zero-order chi connectivity index (χ0) is 12.9. The minimum absolute atomic E-state index is 0.370. The van der Waals surface area contributed by atoms with Crippen molar-refractivity contribution in [3.63, 3.8) is 0 Å². The number of aromatic nitrogens is 2. The molecule has 0 aliphatic heterocycles. The fourth-order valence-electron chi connectivity index (χ4n) is 2.43. The number of hydrogen-bond acceptors (Lipinski definition) is 5. The molecule has 1 saturated carbocycles. The number of aryl methyl sites for hydroxylation is 1. The molecule has 2 atom stereocenters. The summed E-state index contributed by atoms with van der Waals surface area (Å²) >= 11 is 1.68. The summed E-state index contributed by atoms with van der Waals surface area (Å²) < 4.78 is 0. The summed E-state index contributed by atoms with van der Waals surface area (Å²) in [6.45, 7) is 5.45. The Balaban J connectivity index is 1.98. The van der Waals surface area contributed by atoms with Crippen molar-refractivity contribution in [3.05, 3.63) is 10.9 Å². The van der Waals surface area contributed by atoms with Crippen LogP contribution in [0.15, 0.2) is 6.07 Å². The van der Waals surface area contributed by atoms with E-state index in [1.165, 1.54) is 11.3 Å². The van der Waals surface area contributed by atoms with Gasteiger partial charge >= 0.3 is 0 Å². The van der Waals surface area contributed by atoms with Crippen molar-refractivity contribution in [3.8, 4) is 0 Å². The fraction of sp³-hybridized carbons (Fsp3) is 0.538. The van der Waals surface area contributed by atoms with Crippen LogP contribution >= 0.6 is 11.3 Å². The van der Waals surface area contributed by atoms with Gasteiger partial charge in [-0.3, -0.25) is 0 Å². The molecule has 2 aromatic rings. The Morgan fingerprint density at radius 2 is 2.22 bits per heavy atom. The first-order valence-corrected chi connectivity index (χ1v) is 7.11. The first-order chi connectivity index (χ1) is 8.54. The summed E-state index contributed by atoms with van der Waals surface area (Å²) in [6, 6.07) is 2.15. The van der Waals surface area contributed by atoms with E-state index in [2.05, 4.69) is 41.8 Å². The van der Waals surface area contributed by atoms with Gasteiger partial charge in [-0.2, -0.15) is 4.98 Å². The maximum Gasteiger partial charge on any atom is 0.223 e. The van der Waals surface area contributed by atoms with Crippen LogP contribution in [0.1, 0.15) is 18.2 Å². The van der Waals surface area contributed by atoms with Crippen LogP contribution in [-0.4, -0.2) is 23.6 Å². The van der Waals surface area contributed by atoms with Crippen LogP contribution in [0.25, 0.3) is 10.2 Å². The van der Waals surface area contributed by atoms with Gasteiger partial charge in [0, 0.05) is 18.5 Å². The maximum atomic E-state index is 5.80. The third-order valence-corrected chi connectivity index (χ3v) is 4.60. The molecule has 1 aliphatic carbocycles. The lowest BCUT2D eigenvalue weighted by Crippen LogP contribution is -2.22. The van der Waals surface area contributed by atoms with Gasteiger partial charge in [0.25, 0.3) is 0 Å². The summed E-state index contributed by atoms with van der Waals surface area (Å²) in [7, 11) is 2.10. The second kappa shape index (κ2) is 4.09. The Labute approximate surface area is 111 Å². The van der Waals surface area contributed by atoms with E-state index in [1.54, 1.807) is 11.3 Å². The molecule has 0 amide bonds. The molecule has 2 unspecified atom stereocenters. The van der Waals surface area contributed by atoms with Crippen LogP contribution in [0.5, 0.6) is 0 Å². The molecule has 2 heterocycles. The Morgan fingerprint density at radius 3 is 2.89 bits per heavy atom. The zero-order valence-corrected chi connectivity index (χ0v) is 11.8. The molecule has 0 saturated heterocycles. The van der Waals surface area contributed by atoms with E-state index in [0.717, 1.165) is 34.4 Å². The molecular formula is C13H18N4S. The Kier molecular flexibility index (Phi) is 2.66. The fourth-order valence-corrected chi connectivity index (χ4v) is 3.31. The van der Waals surface area contributed by atoms with Crippen LogP contribution in [0.2, 0.25) is 0 Å². The molecule has 4 nitrogen and oxygen atoms in total. The van der Waals surface area contributed by atoms with Crippen molar-refractivity contribution in [2.75, 3.05) is 24.2 Å². The Morgan fingerprint density at radius 1 is 1.50 bits per heavy atom. The molecule has 0 radical (unpaired) electrons. The van der Waals surface area contributed by atoms with Crippen molar-refractivity contribution in [2.45, 2.75) is 20.3 Å². The first kappa shape index (κ1) is 11.7. The van der Waals surface area contributed by atoms with Gasteiger partial charge in [-0.15, -0.1) is 11.3 Å². The van der Waals surface area contributed by atoms with Crippen LogP contribution in [0.4, 0.5) is 11.8 Å². The van der Waals surface area contributed by atoms with E-state index >= 15 is 0 Å². The summed E-state index contributed by atoms with van der Waals surface area (Å²) in [6.07, 6.45) is 1.33. The summed E-state index contributed by atoms with van der Waals surface area (Å²) in [4.78, 5) is 13.2. The van der Waals surface area contributed by atoms with E-state index in [9.17, 15) is 0 Å². The van der Waals surface area contributed by atoms with Gasteiger partial charge in [-0.25, -0.2) is 4.98 Å². The standard InChI is InChI=1S/C13H18N4S/c1-7-4-9(7)6-17(3)11-10-5-8(2)18-12(10)16-13(14)15-11/h5,7,9H,4,6H2,1-3H3,(H2,14,15,16). The number of nitrogen functional groups attached to an aromatic ring is 1. The third-order valence-electron chi connectivity index (χ3n) is 3.66. The summed E-state index contributed by atoms with van der Waals surface area (Å²) in [5.41, 5.74) is 5.80. The smallest absolute Gasteiger partial charge is 0.223 e. The quantitative estimate of drug-likeness (QED) is 0.924.